The molecule has 0 aliphatic rings. The van der Waals surface area contributed by atoms with Crippen LogP contribution in [0.1, 0.15) is 5.69 Å². The van der Waals surface area contributed by atoms with E-state index in [9.17, 15) is 0 Å². The second-order valence-corrected chi connectivity index (χ2v) is 6.86. The van der Waals surface area contributed by atoms with E-state index in [0.29, 0.717) is 5.69 Å². The van der Waals surface area contributed by atoms with Crippen LogP contribution in [0.4, 0.5) is 0 Å². The van der Waals surface area contributed by atoms with E-state index in [1.807, 2.05) is 0 Å². The van der Waals surface area contributed by atoms with Gasteiger partial charge in [-0.2, -0.15) is 0 Å². The van der Waals surface area contributed by atoms with E-state index in [1.54, 1.807) is 6.07 Å². The summed E-state index contributed by atoms with van der Waals surface area (Å²) in [5.41, 5.74) is 11.2. The number of hydrogen-bond acceptors (Lipinski definition) is 5. The molecule has 1 rings (SSSR count). The third-order valence-electron chi connectivity index (χ3n) is 1.62. The summed E-state index contributed by atoms with van der Waals surface area (Å²) in [5.74, 6) is 0. The maximum atomic E-state index is 5.92. The predicted molar refractivity (Wildman–Crippen MR) is 64.2 cm³/mol. The van der Waals surface area contributed by atoms with Crippen LogP contribution < -0.4 is 11.5 Å². The van der Waals surface area contributed by atoms with Gasteiger partial charge in [-0.15, -0.1) is 10.2 Å². The Morgan fingerprint density at radius 3 is 2.36 bits per heavy atom. The first-order chi connectivity index (χ1) is 6.46. The third-order valence-corrected chi connectivity index (χ3v) is 5.39. The van der Waals surface area contributed by atoms with Gasteiger partial charge >= 0.3 is 0 Å². The van der Waals surface area contributed by atoms with E-state index in [2.05, 4.69) is 63.2 Å². The van der Waals surface area contributed by atoms with Crippen molar-refractivity contribution in [2.45, 2.75) is 14.2 Å². The summed E-state index contributed by atoms with van der Waals surface area (Å²) >= 11 is 10.0. The van der Waals surface area contributed by atoms with Crippen LogP contribution in [-0.4, -0.2) is 24.0 Å². The molecule has 4 N–H and O–H groups in total. The average Bonchev–Trinajstić information content (AvgIpc) is 2.18. The van der Waals surface area contributed by atoms with Gasteiger partial charge in [-0.05, 0) is 11.3 Å². The summed E-state index contributed by atoms with van der Waals surface area (Å²) in [7, 11) is 0. The second-order valence-electron chi connectivity index (χ2n) is 2.68. The fourth-order valence-electron chi connectivity index (χ4n) is 0.822. The lowest BCUT2D eigenvalue weighted by Gasteiger charge is -2.29. The van der Waals surface area contributed by atoms with Gasteiger partial charge in [0.25, 0.3) is 0 Å². The highest BCUT2D eigenvalue weighted by atomic mass is 79.9. The molecule has 0 fully saturated rings. The van der Waals surface area contributed by atoms with Gasteiger partial charge in [-0.1, -0.05) is 47.8 Å². The van der Waals surface area contributed by atoms with Crippen molar-refractivity contribution < 1.29 is 0 Å². The molecule has 0 radical (unpaired) electrons. The zero-order valence-electron chi connectivity index (χ0n) is 6.94. The average molecular weight is 390 g/mol. The molecular formula is C6H8Br3N5. The lowest BCUT2D eigenvalue weighted by Crippen LogP contribution is -2.55. The third kappa shape index (κ3) is 2.69. The van der Waals surface area contributed by atoms with Crippen LogP contribution >= 0.6 is 47.8 Å². The molecule has 0 saturated carbocycles. The van der Waals surface area contributed by atoms with E-state index in [-0.39, 0.29) is 8.56 Å². The standard InChI is InChI=1S/C6H8Br3N5/c7-4(5(8)9)6(10,11)3-1-2-12-14-13-3/h1-2,4-5H,10-11H2. The van der Waals surface area contributed by atoms with Gasteiger partial charge in [0.05, 0.1) is 14.8 Å². The highest BCUT2D eigenvalue weighted by molar-refractivity contribution is 9.25. The number of aromatic nitrogens is 3. The molecule has 0 aromatic carbocycles. The number of rotatable bonds is 3. The molecule has 0 spiro atoms. The number of halogens is 3. The van der Waals surface area contributed by atoms with Crippen molar-refractivity contribution in [3.63, 3.8) is 0 Å². The molecule has 1 aromatic rings. The van der Waals surface area contributed by atoms with Crippen molar-refractivity contribution >= 4 is 47.8 Å². The Hall–Kier alpha value is 0.370. The first kappa shape index (κ1) is 12.4. The van der Waals surface area contributed by atoms with Gasteiger partial charge in [-0.3, -0.25) is 0 Å². The van der Waals surface area contributed by atoms with Gasteiger partial charge in [0, 0.05) is 0 Å². The quantitative estimate of drug-likeness (QED) is 0.590. The second kappa shape index (κ2) is 4.93. The SMILES string of the molecule is NC(N)(c1ccnnn1)C(Br)C(Br)Br. The molecule has 14 heavy (non-hydrogen) atoms. The van der Waals surface area contributed by atoms with Crippen LogP contribution in [-0.2, 0) is 5.66 Å². The first-order valence-electron chi connectivity index (χ1n) is 3.61. The molecule has 78 valence electrons. The maximum Gasteiger partial charge on any atom is 0.124 e. The van der Waals surface area contributed by atoms with Crippen molar-refractivity contribution in [1.29, 1.82) is 0 Å². The van der Waals surface area contributed by atoms with Crippen molar-refractivity contribution in [1.82, 2.24) is 15.4 Å². The summed E-state index contributed by atoms with van der Waals surface area (Å²) in [6, 6.07) is 1.63. The summed E-state index contributed by atoms with van der Waals surface area (Å²) in [4.78, 5) is -0.230. The highest BCUT2D eigenvalue weighted by Gasteiger charge is 2.36. The Balaban J connectivity index is 2.96. The van der Waals surface area contributed by atoms with E-state index in [1.165, 1.54) is 6.20 Å². The Morgan fingerprint density at radius 2 is 1.93 bits per heavy atom. The number of alkyl halides is 3. The smallest absolute Gasteiger partial charge is 0.124 e. The van der Waals surface area contributed by atoms with Crippen LogP contribution in [0.5, 0.6) is 0 Å². The van der Waals surface area contributed by atoms with Crippen LogP contribution in [0.3, 0.4) is 0 Å². The monoisotopic (exact) mass is 387 g/mol. The zero-order chi connectivity index (χ0) is 10.8. The molecule has 5 nitrogen and oxygen atoms in total. The minimum atomic E-state index is -1.12. The zero-order valence-corrected chi connectivity index (χ0v) is 11.7. The van der Waals surface area contributed by atoms with Crippen LogP contribution in [0, 0.1) is 0 Å². The van der Waals surface area contributed by atoms with Crippen molar-refractivity contribution in [3.8, 4) is 0 Å². The Kier molecular flexibility index (Phi) is 4.38. The molecule has 0 aliphatic carbocycles. The summed E-state index contributed by atoms with van der Waals surface area (Å²) in [5, 5.41) is 10.8. The Morgan fingerprint density at radius 1 is 1.29 bits per heavy atom. The van der Waals surface area contributed by atoms with Crippen molar-refractivity contribution in [3.05, 3.63) is 18.0 Å². The van der Waals surface area contributed by atoms with Crippen molar-refractivity contribution in [2.24, 2.45) is 11.5 Å². The van der Waals surface area contributed by atoms with E-state index < -0.39 is 5.66 Å². The van der Waals surface area contributed by atoms with Gasteiger partial charge in [0.2, 0.25) is 0 Å². The lowest BCUT2D eigenvalue weighted by molar-refractivity contribution is 0.442. The summed E-state index contributed by atoms with van der Waals surface area (Å²) < 4.78 is -0.0695. The molecule has 1 atom stereocenters. The largest absolute Gasteiger partial charge is 0.307 e. The molecule has 0 bridgehead atoms. The van der Waals surface area contributed by atoms with Gasteiger partial charge < -0.3 is 11.5 Å². The maximum absolute atomic E-state index is 5.92. The molecule has 0 aliphatic heterocycles. The summed E-state index contributed by atoms with van der Waals surface area (Å²) in [6.45, 7) is 0. The fourth-order valence-corrected chi connectivity index (χ4v) is 1.93. The normalized spacial score (nSPS) is 14.4. The predicted octanol–water partition coefficient (Wildman–Crippen LogP) is 0.821. The first-order valence-corrected chi connectivity index (χ1v) is 6.35. The number of nitrogens with two attached hydrogens (primary N) is 2. The molecule has 1 heterocycles. The fraction of sp³-hybridized carbons (Fsp3) is 0.500. The molecular weight excluding hydrogens is 382 g/mol. The lowest BCUT2D eigenvalue weighted by atomic mass is 10.1. The Labute approximate surface area is 106 Å². The number of hydrogen-bond donors (Lipinski definition) is 2. The Bertz CT molecular complexity index is 291. The summed E-state index contributed by atoms with van der Waals surface area (Å²) in [6.07, 6.45) is 1.49. The number of nitrogens with zero attached hydrogens (tertiary/aromatic N) is 3. The highest BCUT2D eigenvalue weighted by Crippen LogP contribution is 2.30. The van der Waals surface area contributed by atoms with Gasteiger partial charge in [0.1, 0.15) is 11.4 Å². The molecule has 8 heteroatoms. The van der Waals surface area contributed by atoms with Crippen LogP contribution in [0.25, 0.3) is 0 Å². The molecule has 1 aromatic heterocycles. The van der Waals surface area contributed by atoms with Crippen LogP contribution in [0.15, 0.2) is 12.3 Å². The molecule has 0 amide bonds. The van der Waals surface area contributed by atoms with E-state index in [0.717, 1.165) is 0 Å². The van der Waals surface area contributed by atoms with Gasteiger partial charge in [-0.25, -0.2) is 0 Å². The van der Waals surface area contributed by atoms with Crippen LogP contribution in [0.2, 0.25) is 0 Å². The minimum absolute atomic E-state index is 0.0695. The van der Waals surface area contributed by atoms with Crippen molar-refractivity contribution in [2.75, 3.05) is 0 Å². The van der Waals surface area contributed by atoms with E-state index >= 15 is 0 Å². The van der Waals surface area contributed by atoms with Gasteiger partial charge in [0.15, 0.2) is 0 Å². The molecule has 1 unspecified atom stereocenters. The minimum Gasteiger partial charge on any atom is -0.307 e. The molecule has 0 saturated heterocycles. The topological polar surface area (TPSA) is 90.7 Å². The van der Waals surface area contributed by atoms with E-state index in [4.69, 9.17) is 11.5 Å².